The molecule has 3 N–H and O–H groups in total. The van der Waals surface area contributed by atoms with E-state index in [2.05, 4.69) is 40.0 Å². The van der Waals surface area contributed by atoms with E-state index in [1.165, 1.54) is 19.3 Å². The molecule has 0 aliphatic carbocycles. The van der Waals surface area contributed by atoms with Gasteiger partial charge in [-0.15, -0.1) is 0 Å². The predicted octanol–water partition coefficient (Wildman–Crippen LogP) is 3.17. The zero-order valence-corrected chi connectivity index (χ0v) is 12.4. The Morgan fingerprint density at radius 3 is 2.72 bits per heavy atom. The monoisotopic (exact) mass is 313 g/mol. The van der Waals surface area contributed by atoms with Crippen molar-refractivity contribution in [1.82, 2.24) is 0 Å². The molecule has 0 atom stereocenters. The molecule has 0 aliphatic rings. The van der Waals surface area contributed by atoms with Crippen molar-refractivity contribution in [3.8, 4) is 0 Å². The van der Waals surface area contributed by atoms with E-state index in [4.69, 9.17) is 10.9 Å². The molecule has 1 aromatic rings. The van der Waals surface area contributed by atoms with E-state index in [1.807, 2.05) is 18.2 Å². The Bertz CT molecular complexity index is 421. The van der Waals surface area contributed by atoms with Gasteiger partial charge in [0.25, 0.3) is 0 Å². The van der Waals surface area contributed by atoms with Gasteiger partial charge in [-0.05, 0) is 40.5 Å². The topological polar surface area (TPSA) is 61.8 Å². The molecule has 0 spiro atoms. The van der Waals surface area contributed by atoms with Gasteiger partial charge in [-0.2, -0.15) is 0 Å². The van der Waals surface area contributed by atoms with Crippen LogP contribution in [-0.4, -0.2) is 24.6 Å². The van der Waals surface area contributed by atoms with Crippen molar-refractivity contribution in [2.45, 2.75) is 26.2 Å². The van der Waals surface area contributed by atoms with Crippen molar-refractivity contribution >= 4 is 27.5 Å². The Morgan fingerprint density at radius 2 is 2.17 bits per heavy atom. The van der Waals surface area contributed by atoms with E-state index < -0.39 is 0 Å². The van der Waals surface area contributed by atoms with Gasteiger partial charge in [-0.1, -0.05) is 24.9 Å². The van der Waals surface area contributed by atoms with E-state index in [0.717, 1.165) is 16.7 Å². The Labute approximate surface area is 117 Å². The third-order valence-electron chi connectivity index (χ3n) is 2.86. The third-order valence-corrected chi connectivity index (χ3v) is 3.49. The van der Waals surface area contributed by atoms with Crippen LogP contribution in [0.15, 0.2) is 27.8 Å². The zero-order chi connectivity index (χ0) is 13.5. The Kier molecular flexibility index (Phi) is 5.98. The zero-order valence-electron chi connectivity index (χ0n) is 10.9. The Morgan fingerprint density at radius 1 is 1.44 bits per heavy atom. The fourth-order valence-corrected chi connectivity index (χ4v) is 2.43. The van der Waals surface area contributed by atoms with E-state index >= 15 is 0 Å². The molecule has 0 unspecified atom stereocenters. The lowest BCUT2D eigenvalue weighted by Crippen LogP contribution is -2.19. The number of rotatable bonds is 6. The first-order chi connectivity index (χ1) is 8.60. The molecule has 0 aromatic heterocycles. The second kappa shape index (κ2) is 7.26. The number of nitrogens with two attached hydrogens (primary N) is 1. The van der Waals surface area contributed by atoms with Crippen molar-refractivity contribution < 1.29 is 5.21 Å². The van der Waals surface area contributed by atoms with Gasteiger partial charge in [-0.3, -0.25) is 0 Å². The molecule has 1 aromatic carbocycles. The fraction of sp³-hybridized carbons (Fsp3) is 0.462. The van der Waals surface area contributed by atoms with Gasteiger partial charge >= 0.3 is 0 Å². The average Bonchev–Trinajstić information content (AvgIpc) is 2.37. The van der Waals surface area contributed by atoms with Gasteiger partial charge < -0.3 is 15.8 Å². The predicted molar refractivity (Wildman–Crippen MR) is 79.4 cm³/mol. The largest absolute Gasteiger partial charge is 0.409 e. The van der Waals surface area contributed by atoms with Crippen LogP contribution >= 0.6 is 15.9 Å². The number of benzene rings is 1. The molecular weight excluding hydrogens is 294 g/mol. The molecule has 5 heteroatoms. The highest BCUT2D eigenvalue weighted by Gasteiger charge is 2.08. The van der Waals surface area contributed by atoms with Gasteiger partial charge in [0.1, 0.15) is 0 Å². The van der Waals surface area contributed by atoms with E-state index in [9.17, 15) is 0 Å². The fourth-order valence-electron chi connectivity index (χ4n) is 1.75. The Balaban J connectivity index is 2.78. The second-order valence-electron chi connectivity index (χ2n) is 4.28. The van der Waals surface area contributed by atoms with Crippen molar-refractivity contribution in [3.63, 3.8) is 0 Å². The highest BCUT2D eigenvalue weighted by molar-refractivity contribution is 9.10. The summed E-state index contributed by atoms with van der Waals surface area (Å²) in [6.07, 6.45) is 3.64. The number of nitrogens with zero attached hydrogens (tertiary/aromatic N) is 2. The molecule has 0 fully saturated rings. The second-order valence-corrected chi connectivity index (χ2v) is 5.13. The van der Waals surface area contributed by atoms with Crippen molar-refractivity contribution in [2.24, 2.45) is 10.9 Å². The minimum absolute atomic E-state index is 0.121. The molecule has 100 valence electrons. The van der Waals surface area contributed by atoms with Gasteiger partial charge in [0.2, 0.25) is 0 Å². The summed E-state index contributed by atoms with van der Waals surface area (Å²) in [5.41, 5.74) is 7.37. The summed E-state index contributed by atoms with van der Waals surface area (Å²) in [5, 5.41) is 11.6. The first kappa shape index (κ1) is 14.8. The van der Waals surface area contributed by atoms with Crippen LogP contribution in [0.3, 0.4) is 0 Å². The summed E-state index contributed by atoms with van der Waals surface area (Å²) in [6.45, 7) is 3.22. The number of anilines is 1. The normalized spacial score (nSPS) is 11.6. The van der Waals surface area contributed by atoms with Crippen molar-refractivity contribution in [2.75, 3.05) is 18.5 Å². The highest BCUT2D eigenvalue weighted by atomic mass is 79.9. The number of amidine groups is 1. The molecule has 0 saturated heterocycles. The summed E-state index contributed by atoms with van der Waals surface area (Å²) < 4.78 is 0.950. The summed E-state index contributed by atoms with van der Waals surface area (Å²) in [4.78, 5) is 2.20. The summed E-state index contributed by atoms with van der Waals surface area (Å²) in [5.74, 6) is 0.121. The lowest BCUT2D eigenvalue weighted by molar-refractivity contribution is 0.318. The summed E-state index contributed by atoms with van der Waals surface area (Å²) in [6, 6.07) is 5.69. The maximum Gasteiger partial charge on any atom is 0.170 e. The van der Waals surface area contributed by atoms with Crippen molar-refractivity contribution in [3.05, 3.63) is 28.2 Å². The number of oxime groups is 1. The van der Waals surface area contributed by atoms with Crippen LogP contribution in [0.4, 0.5) is 5.69 Å². The molecule has 0 aliphatic heterocycles. The SMILES string of the molecule is CCCCCN(C)c1ccc(/C(N)=N/O)cc1Br. The maximum absolute atomic E-state index is 8.64. The average molecular weight is 314 g/mol. The van der Waals surface area contributed by atoms with E-state index in [-0.39, 0.29) is 5.84 Å². The van der Waals surface area contributed by atoms with Gasteiger partial charge in [0.15, 0.2) is 5.84 Å². The molecule has 0 radical (unpaired) electrons. The van der Waals surface area contributed by atoms with Crippen molar-refractivity contribution in [1.29, 1.82) is 0 Å². The molecule has 18 heavy (non-hydrogen) atoms. The molecule has 0 heterocycles. The molecule has 0 amide bonds. The maximum atomic E-state index is 8.64. The van der Waals surface area contributed by atoms with Crippen LogP contribution in [0, 0.1) is 0 Å². The molecule has 1 rings (SSSR count). The number of unbranched alkanes of at least 4 members (excludes halogenated alkanes) is 2. The van der Waals surface area contributed by atoms with Crippen LogP contribution in [0.2, 0.25) is 0 Å². The third kappa shape index (κ3) is 3.91. The van der Waals surface area contributed by atoms with Gasteiger partial charge in [-0.25, -0.2) is 0 Å². The van der Waals surface area contributed by atoms with E-state index in [1.54, 1.807) is 0 Å². The van der Waals surface area contributed by atoms with Crippen LogP contribution in [0.25, 0.3) is 0 Å². The number of hydrogen-bond donors (Lipinski definition) is 2. The Hall–Kier alpha value is -1.23. The number of hydrogen-bond acceptors (Lipinski definition) is 3. The summed E-state index contributed by atoms with van der Waals surface area (Å²) in [7, 11) is 2.07. The first-order valence-corrected chi connectivity index (χ1v) is 6.88. The highest BCUT2D eigenvalue weighted by Crippen LogP contribution is 2.26. The lowest BCUT2D eigenvalue weighted by atomic mass is 10.1. The quantitative estimate of drug-likeness (QED) is 0.279. The first-order valence-electron chi connectivity index (χ1n) is 6.08. The van der Waals surface area contributed by atoms with Crippen LogP contribution < -0.4 is 10.6 Å². The van der Waals surface area contributed by atoms with Crippen LogP contribution in [0.5, 0.6) is 0 Å². The van der Waals surface area contributed by atoms with E-state index in [0.29, 0.717) is 5.56 Å². The van der Waals surface area contributed by atoms with Gasteiger partial charge in [0.05, 0.1) is 5.69 Å². The standard InChI is InChI=1S/C13H20BrN3O/c1-3-4-5-8-17(2)12-7-6-10(9-11(12)14)13(15)16-18/h6-7,9,18H,3-5,8H2,1-2H3,(H2,15,16). The van der Waals surface area contributed by atoms with Gasteiger partial charge in [0, 0.05) is 23.6 Å². The molecule has 4 nitrogen and oxygen atoms in total. The minimum atomic E-state index is 0.121. The molecule has 0 bridgehead atoms. The summed E-state index contributed by atoms with van der Waals surface area (Å²) >= 11 is 3.52. The molecule has 0 saturated carbocycles. The lowest BCUT2D eigenvalue weighted by Gasteiger charge is -2.21. The molecular formula is C13H20BrN3O. The van der Waals surface area contributed by atoms with Crippen LogP contribution in [0.1, 0.15) is 31.7 Å². The number of halogens is 1. The smallest absolute Gasteiger partial charge is 0.170 e. The minimum Gasteiger partial charge on any atom is -0.409 e. The van der Waals surface area contributed by atoms with Crippen LogP contribution in [-0.2, 0) is 0 Å².